The van der Waals surface area contributed by atoms with Crippen LogP contribution in [0.1, 0.15) is 15.9 Å². The van der Waals surface area contributed by atoms with E-state index in [0.717, 1.165) is 21.2 Å². The number of pyridine rings is 1. The normalized spacial score (nSPS) is 10.5. The molecular weight excluding hydrogens is 256 g/mol. The van der Waals surface area contributed by atoms with Gasteiger partial charge in [-0.1, -0.05) is 24.3 Å². The first-order chi connectivity index (χ1) is 9.34. The number of carbonyl (C=O) groups is 1. The quantitative estimate of drug-likeness (QED) is 0.792. The number of hydrogen-bond donors (Lipinski definition) is 1. The summed E-state index contributed by atoms with van der Waals surface area (Å²) in [6, 6.07) is 11.7. The zero-order valence-electron chi connectivity index (χ0n) is 10.2. The third kappa shape index (κ3) is 2.48. The molecule has 0 saturated heterocycles. The number of nitrogens with zero attached hydrogens (tertiary/aromatic N) is 1. The Labute approximate surface area is 114 Å². The van der Waals surface area contributed by atoms with Crippen LogP contribution in [0, 0.1) is 0 Å². The molecule has 0 saturated carbocycles. The van der Waals surface area contributed by atoms with Crippen LogP contribution in [0.4, 0.5) is 0 Å². The van der Waals surface area contributed by atoms with E-state index in [1.807, 2.05) is 41.8 Å². The molecule has 2 heterocycles. The minimum atomic E-state index is -0.0405. The Hall–Kier alpha value is -2.20. The highest BCUT2D eigenvalue weighted by Gasteiger charge is 2.11. The van der Waals surface area contributed by atoms with Gasteiger partial charge in [-0.05, 0) is 17.7 Å². The molecule has 0 unspecified atom stereocenters. The molecule has 0 aliphatic heterocycles. The number of carbonyl (C=O) groups excluding carboxylic acids is 1. The Morgan fingerprint density at radius 3 is 2.95 bits per heavy atom. The maximum atomic E-state index is 12.2. The van der Waals surface area contributed by atoms with Gasteiger partial charge in [-0.15, -0.1) is 11.3 Å². The first kappa shape index (κ1) is 11.9. The lowest BCUT2D eigenvalue weighted by Crippen LogP contribution is -2.22. The second-order valence-corrected chi connectivity index (χ2v) is 5.10. The fraction of sp³-hybridized carbons (Fsp3) is 0.0667. The molecule has 2 aromatic heterocycles. The molecule has 94 valence electrons. The van der Waals surface area contributed by atoms with Crippen LogP contribution in [0.3, 0.4) is 0 Å². The first-order valence-electron chi connectivity index (χ1n) is 5.98. The topological polar surface area (TPSA) is 42.0 Å². The summed E-state index contributed by atoms with van der Waals surface area (Å²) >= 11 is 1.59. The van der Waals surface area contributed by atoms with Gasteiger partial charge in [0, 0.05) is 34.4 Å². The summed E-state index contributed by atoms with van der Waals surface area (Å²) in [7, 11) is 0. The molecule has 1 aromatic carbocycles. The number of hydrogen-bond acceptors (Lipinski definition) is 3. The number of nitrogens with one attached hydrogen (secondary N) is 1. The van der Waals surface area contributed by atoms with E-state index in [9.17, 15) is 4.79 Å². The second kappa shape index (κ2) is 5.20. The molecule has 0 aliphatic rings. The van der Waals surface area contributed by atoms with Crippen LogP contribution in [0.25, 0.3) is 10.1 Å². The smallest absolute Gasteiger partial charge is 0.253 e. The molecule has 0 atom stereocenters. The van der Waals surface area contributed by atoms with Crippen molar-refractivity contribution in [3.8, 4) is 0 Å². The SMILES string of the molecule is O=C(NCc1cccnc1)c1csc2ccccc12. The van der Waals surface area contributed by atoms with E-state index in [1.165, 1.54) is 0 Å². The van der Waals surface area contributed by atoms with E-state index in [0.29, 0.717) is 6.54 Å². The standard InChI is InChI=1S/C15H12N2OS/c18-15(17-9-11-4-3-7-16-8-11)13-10-19-14-6-2-1-5-12(13)14/h1-8,10H,9H2,(H,17,18). The van der Waals surface area contributed by atoms with Crippen LogP contribution in [0.5, 0.6) is 0 Å². The Balaban J connectivity index is 1.77. The summed E-state index contributed by atoms with van der Waals surface area (Å²) in [5, 5.41) is 5.84. The summed E-state index contributed by atoms with van der Waals surface area (Å²) in [5.74, 6) is -0.0405. The maximum Gasteiger partial charge on any atom is 0.253 e. The summed E-state index contributed by atoms with van der Waals surface area (Å²) in [6.07, 6.45) is 3.48. The molecule has 3 nitrogen and oxygen atoms in total. The molecule has 0 spiro atoms. The molecule has 0 radical (unpaired) electrons. The van der Waals surface area contributed by atoms with Crippen molar-refractivity contribution in [3.05, 3.63) is 65.3 Å². The van der Waals surface area contributed by atoms with Crippen LogP contribution < -0.4 is 5.32 Å². The molecule has 1 amide bonds. The van der Waals surface area contributed by atoms with Gasteiger partial charge in [-0.25, -0.2) is 0 Å². The Kier molecular flexibility index (Phi) is 3.25. The Morgan fingerprint density at radius 1 is 1.21 bits per heavy atom. The Bertz CT molecular complexity index is 706. The molecule has 1 N–H and O–H groups in total. The van der Waals surface area contributed by atoms with Crippen LogP contribution >= 0.6 is 11.3 Å². The molecule has 0 fully saturated rings. The summed E-state index contributed by atoms with van der Waals surface area (Å²) in [6.45, 7) is 0.497. The van der Waals surface area contributed by atoms with Crippen LogP contribution in [-0.4, -0.2) is 10.9 Å². The van der Waals surface area contributed by atoms with Gasteiger partial charge in [0.05, 0.1) is 5.56 Å². The number of amides is 1. The fourth-order valence-electron chi connectivity index (χ4n) is 1.93. The molecular formula is C15H12N2OS. The average Bonchev–Trinajstić information content (AvgIpc) is 2.90. The number of rotatable bonds is 3. The monoisotopic (exact) mass is 268 g/mol. The predicted octanol–water partition coefficient (Wildman–Crippen LogP) is 3.23. The highest BCUT2D eigenvalue weighted by atomic mass is 32.1. The Morgan fingerprint density at radius 2 is 2.11 bits per heavy atom. The van der Waals surface area contributed by atoms with Crippen molar-refractivity contribution >= 4 is 27.3 Å². The highest BCUT2D eigenvalue weighted by Crippen LogP contribution is 2.25. The number of thiophene rings is 1. The van der Waals surface area contributed by atoms with E-state index in [1.54, 1.807) is 23.7 Å². The summed E-state index contributed by atoms with van der Waals surface area (Å²) in [5.41, 5.74) is 1.74. The fourth-order valence-corrected chi connectivity index (χ4v) is 2.87. The van der Waals surface area contributed by atoms with Crippen molar-refractivity contribution in [3.63, 3.8) is 0 Å². The average molecular weight is 268 g/mol. The van der Waals surface area contributed by atoms with Crippen molar-refractivity contribution in [2.75, 3.05) is 0 Å². The van der Waals surface area contributed by atoms with Gasteiger partial charge < -0.3 is 5.32 Å². The summed E-state index contributed by atoms with van der Waals surface area (Å²) in [4.78, 5) is 16.2. The molecule has 0 aliphatic carbocycles. The lowest BCUT2D eigenvalue weighted by atomic mass is 10.1. The van der Waals surface area contributed by atoms with Crippen LogP contribution in [0.15, 0.2) is 54.2 Å². The van der Waals surface area contributed by atoms with Gasteiger partial charge >= 0.3 is 0 Å². The first-order valence-corrected chi connectivity index (χ1v) is 6.86. The van der Waals surface area contributed by atoms with E-state index in [-0.39, 0.29) is 5.91 Å². The van der Waals surface area contributed by atoms with Gasteiger partial charge in [0.2, 0.25) is 0 Å². The van der Waals surface area contributed by atoms with Crippen LogP contribution in [0.2, 0.25) is 0 Å². The highest BCUT2D eigenvalue weighted by molar-refractivity contribution is 7.17. The lowest BCUT2D eigenvalue weighted by Gasteiger charge is -2.04. The van der Waals surface area contributed by atoms with Gasteiger partial charge in [-0.3, -0.25) is 9.78 Å². The third-order valence-corrected chi connectivity index (χ3v) is 3.86. The van der Waals surface area contributed by atoms with Crippen molar-refractivity contribution in [2.24, 2.45) is 0 Å². The van der Waals surface area contributed by atoms with Gasteiger partial charge in [-0.2, -0.15) is 0 Å². The minimum Gasteiger partial charge on any atom is -0.348 e. The van der Waals surface area contributed by atoms with Crippen molar-refractivity contribution in [1.29, 1.82) is 0 Å². The maximum absolute atomic E-state index is 12.2. The zero-order valence-corrected chi connectivity index (χ0v) is 11.0. The van der Waals surface area contributed by atoms with Gasteiger partial charge in [0.25, 0.3) is 5.91 Å². The van der Waals surface area contributed by atoms with E-state index in [2.05, 4.69) is 10.3 Å². The van der Waals surface area contributed by atoms with E-state index in [4.69, 9.17) is 0 Å². The van der Waals surface area contributed by atoms with E-state index < -0.39 is 0 Å². The largest absolute Gasteiger partial charge is 0.348 e. The van der Waals surface area contributed by atoms with E-state index >= 15 is 0 Å². The summed E-state index contributed by atoms with van der Waals surface area (Å²) < 4.78 is 1.13. The van der Waals surface area contributed by atoms with Crippen LogP contribution in [-0.2, 0) is 6.54 Å². The molecule has 3 aromatic rings. The van der Waals surface area contributed by atoms with Crippen molar-refractivity contribution in [1.82, 2.24) is 10.3 Å². The molecule has 3 rings (SSSR count). The molecule has 19 heavy (non-hydrogen) atoms. The number of benzene rings is 1. The molecule has 0 bridgehead atoms. The molecule has 4 heteroatoms. The lowest BCUT2D eigenvalue weighted by molar-refractivity contribution is 0.0953. The minimum absolute atomic E-state index is 0.0405. The van der Waals surface area contributed by atoms with Crippen molar-refractivity contribution < 1.29 is 4.79 Å². The van der Waals surface area contributed by atoms with Gasteiger partial charge in [0.15, 0.2) is 0 Å². The third-order valence-electron chi connectivity index (χ3n) is 2.90. The number of aromatic nitrogens is 1. The predicted molar refractivity (Wildman–Crippen MR) is 77.2 cm³/mol. The van der Waals surface area contributed by atoms with Gasteiger partial charge in [0.1, 0.15) is 0 Å². The second-order valence-electron chi connectivity index (χ2n) is 4.19. The van der Waals surface area contributed by atoms with Crippen molar-refractivity contribution in [2.45, 2.75) is 6.54 Å². The zero-order chi connectivity index (χ0) is 13.1. The number of fused-ring (bicyclic) bond motifs is 1.